The molecule has 0 saturated heterocycles. The van der Waals surface area contributed by atoms with Crippen molar-refractivity contribution in [2.45, 2.75) is 39.3 Å². The number of carbonyl (C=O) groups excluding carboxylic acids is 1. The zero-order valence-corrected chi connectivity index (χ0v) is 11.8. The first-order chi connectivity index (χ1) is 8.79. The van der Waals surface area contributed by atoms with Gasteiger partial charge in [-0.2, -0.15) is 0 Å². The number of nitrogens with zero attached hydrogens (tertiary/aromatic N) is 1. The Hall–Kier alpha value is -1.81. The van der Waals surface area contributed by atoms with Crippen LogP contribution in [-0.2, 0) is 4.74 Å². The van der Waals surface area contributed by atoms with Gasteiger partial charge in [-0.15, -0.1) is 0 Å². The number of rotatable bonds is 1. The fourth-order valence-electron chi connectivity index (χ4n) is 2.06. The first kappa shape index (κ1) is 13.6. The number of nitrogens with two attached hydrogens (primary N) is 1. The first-order valence-electron chi connectivity index (χ1n) is 6.38. The Kier molecular flexibility index (Phi) is 3.37. The van der Waals surface area contributed by atoms with Gasteiger partial charge in [-0.25, -0.2) is 4.79 Å². The highest BCUT2D eigenvalue weighted by molar-refractivity contribution is 5.91. The van der Waals surface area contributed by atoms with Gasteiger partial charge in [0.05, 0.1) is 5.52 Å². The number of carbonyl (C=O) groups is 1. The number of hydrogen-bond acceptors (Lipinski definition) is 3. The molecule has 1 aromatic heterocycles. The van der Waals surface area contributed by atoms with Crippen molar-refractivity contribution in [2.75, 3.05) is 0 Å². The lowest BCUT2D eigenvalue weighted by molar-refractivity contribution is 0.0544. The minimum atomic E-state index is -0.507. The van der Waals surface area contributed by atoms with Crippen molar-refractivity contribution in [3.63, 3.8) is 0 Å². The molecule has 2 N–H and O–H groups in total. The minimum Gasteiger partial charge on any atom is -0.443 e. The predicted molar refractivity (Wildman–Crippen MR) is 76.2 cm³/mol. The molecule has 0 aliphatic heterocycles. The van der Waals surface area contributed by atoms with Crippen LogP contribution in [0.4, 0.5) is 4.79 Å². The molecule has 0 radical (unpaired) electrons. The van der Waals surface area contributed by atoms with Crippen LogP contribution in [0.5, 0.6) is 0 Å². The molecule has 102 valence electrons. The summed E-state index contributed by atoms with van der Waals surface area (Å²) in [5.41, 5.74) is 7.28. The molecular weight excluding hydrogens is 240 g/mol. The third kappa shape index (κ3) is 2.79. The number of hydrogen-bond donors (Lipinski definition) is 1. The molecule has 1 aromatic carbocycles. The quantitative estimate of drug-likeness (QED) is 0.854. The van der Waals surface area contributed by atoms with Crippen molar-refractivity contribution < 1.29 is 9.53 Å². The highest BCUT2D eigenvalue weighted by atomic mass is 16.6. The van der Waals surface area contributed by atoms with Crippen LogP contribution in [0.15, 0.2) is 30.5 Å². The zero-order chi connectivity index (χ0) is 14.2. The second-order valence-corrected chi connectivity index (χ2v) is 5.73. The van der Waals surface area contributed by atoms with Gasteiger partial charge >= 0.3 is 6.09 Å². The summed E-state index contributed by atoms with van der Waals surface area (Å²) >= 11 is 0. The Morgan fingerprint density at radius 1 is 1.32 bits per heavy atom. The van der Waals surface area contributed by atoms with Crippen LogP contribution < -0.4 is 5.73 Å². The van der Waals surface area contributed by atoms with Crippen LogP contribution >= 0.6 is 0 Å². The van der Waals surface area contributed by atoms with Crippen molar-refractivity contribution in [3.05, 3.63) is 36.0 Å². The van der Waals surface area contributed by atoms with E-state index in [4.69, 9.17) is 10.5 Å². The average molecular weight is 260 g/mol. The second kappa shape index (κ2) is 4.70. The molecule has 4 nitrogen and oxygen atoms in total. The molecule has 0 fully saturated rings. The van der Waals surface area contributed by atoms with Crippen LogP contribution in [0.1, 0.15) is 39.3 Å². The summed E-state index contributed by atoms with van der Waals surface area (Å²) in [5, 5.41) is 0.989. The van der Waals surface area contributed by atoms with Crippen LogP contribution in [0.2, 0.25) is 0 Å². The minimum absolute atomic E-state index is 0.0711. The Balaban J connectivity index is 2.47. The second-order valence-electron chi connectivity index (χ2n) is 5.73. The summed E-state index contributed by atoms with van der Waals surface area (Å²) in [5.74, 6) is 0. The summed E-state index contributed by atoms with van der Waals surface area (Å²) in [6, 6.07) is 7.61. The van der Waals surface area contributed by atoms with Gasteiger partial charge < -0.3 is 10.5 Å². The van der Waals surface area contributed by atoms with E-state index in [9.17, 15) is 4.79 Å². The van der Waals surface area contributed by atoms with Gasteiger partial charge in [-0.1, -0.05) is 12.1 Å². The van der Waals surface area contributed by atoms with Crippen LogP contribution in [0, 0.1) is 0 Å². The lowest BCUT2D eigenvalue weighted by Crippen LogP contribution is -2.26. The van der Waals surface area contributed by atoms with E-state index in [2.05, 4.69) is 0 Å². The van der Waals surface area contributed by atoms with Gasteiger partial charge in [0, 0.05) is 17.6 Å². The molecule has 1 atom stereocenters. The number of ether oxygens (including phenoxy) is 1. The van der Waals surface area contributed by atoms with E-state index in [1.807, 2.05) is 52.0 Å². The summed E-state index contributed by atoms with van der Waals surface area (Å²) in [4.78, 5) is 12.1. The highest BCUT2D eigenvalue weighted by Gasteiger charge is 2.19. The van der Waals surface area contributed by atoms with Gasteiger partial charge in [-0.3, -0.25) is 4.57 Å². The lowest BCUT2D eigenvalue weighted by atomic mass is 10.0. The molecule has 0 aliphatic carbocycles. The molecule has 0 saturated carbocycles. The molecule has 0 bridgehead atoms. The zero-order valence-electron chi connectivity index (χ0n) is 11.8. The first-order valence-corrected chi connectivity index (χ1v) is 6.38. The maximum atomic E-state index is 12.1. The topological polar surface area (TPSA) is 57.2 Å². The third-order valence-corrected chi connectivity index (χ3v) is 2.85. The Morgan fingerprint density at radius 2 is 2.00 bits per heavy atom. The molecule has 0 aliphatic rings. The van der Waals surface area contributed by atoms with E-state index in [-0.39, 0.29) is 12.1 Å². The van der Waals surface area contributed by atoms with Crippen LogP contribution in [-0.4, -0.2) is 16.3 Å². The van der Waals surface area contributed by atoms with Gasteiger partial charge in [0.2, 0.25) is 0 Å². The molecule has 0 unspecified atom stereocenters. The van der Waals surface area contributed by atoms with Crippen LogP contribution in [0.25, 0.3) is 10.9 Å². The molecule has 0 spiro atoms. The van der Waals surface area contributed by atoms with Crippen molar-refractivity contribution in [3.8, 4) is 0 Å². The predicted octanol–water partition coefficient (Wildman–Crippen LogP) is 3.44. The third-order valence-electron chi connectivity index (χ3n) is 2.85. The largest absolute Gasteiger partial charge is 0.443 e. The van der Waals surface area contributed by atoms with Crippen molar-refractivity contribution in [1.82, 2.24) is 4.57 Å². The van der Waals surface area contributed by atoms with Crippen molar-refractivity contribution >= 4 is 17.0 Å². The molecular formula is C15H20N2O2. The Bertz CT molecular complexity index is 606. The maximum Gasteiger partial charge on any atom is 0.418 e. The molecule has 1 heterocycles. The normalized spacial score (nSPS) is 13.5. The van der Waals surface area contributed by atoms with E-state index < -0.39 is 5.60 Å². The molecule has 0 amide bonds. The van der Waals surface area contributed by atoms with Gasteiger partial charge in [0.15, 0.2) is 0 Å². The summed E-state index contributed by atoms with van der Waals surface area (Å²) in [7, 11) is 0. The average Bonchev–Trinajstić information content (AvgIpc) is 2.69. The summed E-state index contributed by atoms with van der Waals surface area (Å²) in [6.07, 6.45) is 1.36. The fraction of sp³-hybridized carbons (Fsp3) is 0.400. The summed E-state index contributed by atoms with van der Waals surface area (Å²) < 4.78 is 6.90. The lowest BCUT2D eigenvalue weighted by Gasteiger charge is -2.19. The van der Waals surface area contributed by atoms with Gasteiger partial charge in [-0.05, 0) is 45.4 Å². The molecule has 2 rings (SSSR count). The smallest absolute Gasteiger partial charge is 0.418 e. The van der Waals surface area contributed by atoms with E-state index in [0.29, 0.717) is 0 Å². The maximum absolute atomic E-state index is 12.1. The Morgan fingerprint density at radius 3 is 2.58 bits per heavy atom. The van der Waals surface area contributed by atoms with Gasteiger partial charge in [0.25, 0.3) is 0 Å². The summed E-state index contributed by atoms with van der Waals surface area (Å²) in [6.45, 7) is 7.48. The SMILES string of the molecule is C[C@H](N)c1cccc2c1ccn2C(=O)OC(C)(C)C. The van der Waals surface area contributed by atoms with E-state index in [1.54, 1.807) is 6.20 Å². The molecule has 4 heteroatoms. The highest BCUT2D eigenvalue weighted by Crippen LogP contribution is 2.24. The van der Waals surface area contributed by atoms with Gasteiger partial charge in [0.1, 0.15) is 5.60 Å². The standard InChI is InChI=1S/C15H20N2O2/c1-10(16)11-6-5-7-13-12(11)8-9-17(13)14(18)19-15(2,3)4/h5-10H,16H2,1-4H3/t10-/m0/s1. The Labute approximate surface area is 113 Å². The van der Waals surface area contributed by atoms with E-state index >= 15 is 0 Å². The van der Waals surface area contributed by atoms with E-state index in [1.165, 1.54) is 4.57 Å². The molecule has 19 heavy (non-hydrogen) atoms. The number of benzene rings is 1. The monoisotopic (exact) mass is 260 g/mol. The molecule has 2 aromatic rings. The number of fused-ring (bicyclic) bond motifs is 1. The van der Waals surface area contributed by atoms with Crippen molar-refractivity contribution in [1.29, 1.82) is 0 Å². The number of aromatic nitrogens is 1. The van der Waals surface area contributed by atoms with E-state index in [0.717, 1.165) is 16.5 Å². The van der Waals surface area contributed by atoms with Crippen LogP contribution in [0.3, 0.4) is 0 Å². The van der Waals surface area contributed by atoms with Crippen molar-refractivity contribution in [2.24, 2.45) is 5.73 Å². The fourth-order valence-corrected chi connectivity index (χ4v) is 2.06.